The number of nitrogens with one attached hydrogen (secondary N) is 1. The molecule has 3 N–H and O–H groups in total. The van der Waals surface area contributed by atoms with Crippen LogP contribution in [0.2, 0.25) is 0 Å². The number of benzene rings is 1. The second-order valence-electron chi connectivity index (χ2n) is 4.30. The van der Waals surface area contributed by atoms with Gasteiger partial charge in [-0.3, -0.25) is 4.79 Å². The molecule has 0 saturated heterocycles. The highest BCUT2D eigenvalue weighted by Crippen LogP contribution is 2.23. The molecule has 0 aliphatic heterocycles. The number of thioether (sulfide) groups is 1. The number of rotatable bonds is 7. The lowest BCUT2D eigenvalue weighted by molar-refractivity contribution is -0.119. The Morgan fingerprint density at radius 3 is 2.76 bits per heavy atom. The Hall–Kier alpha value is -1.67. The number of anilines is 1. The zero-order valence-corrected chi connectivity index (χ0v) is 12.8. The van der Waals surface area contributed by atoms with Crippen LogP contribution in [0, 0.1) is 0 Å². The SMILES string of the molecule is Nc1nnc(SCC(=O)N[C@@H](CF)Cc2ccccc2)s1. The van der Waals surface area contributed by atoms with Gasteiger partial charge < -0.3 is 11.1 Å². The van der Waals surface area contributed by atoms with E-state index in [-0.39, 0.29) is 11.7 Å². The first-order chi connectivity index (χ1) is 10.2. The van der Waals surface area contributed by atoms with Crippen molar-refractivity contribution in [3.05, 3.63) is 35.9 Å². The minimum atomic E-state index is -0.600. The molecule has 1 heterocycles. The van der Waals surface area contributed by atoms with E-state index in [2.05, 4.69) is 15.5 Å². The lowest BCUT2D eigenvalue weighted by Gasteiger charge is -2.15. The summed E-state index contributed by atoms with van der Waals surface area (Å²) in [6.07, 6.45) is 0.472. The van der Waals surface area contributed by atoms with Gasteiger partial charge in [0.15, 0.2) is 4.34 Å². The zero-order chi connectivity index (χ0) is 15.1. The van der Waals surface area contributed by atoms with Crippen molar-refractivity contribution in [1.82, 2.24) is 15.5 Å². The highest BCUT2D eigenvalue weighted by molar-refractivity contribution is 8.01. The first kappa shape index (κ1) is 15.7. The van der Waals surface area contributed by atoms with Crippen LogP contribution in [-0.4, -0.2) is 34.6 Å². The predicted molar refractivity (Wildman–Crippen MR) is 83.1 cm³/mol. The molecule has 8 heteroatoms. The average molecular weight is 326 g/mol. The number of hydrogen-bond acceptors (Lipinski definition) is 6. The molecule has 0 fully saturated rings. The monoisotopic (exact) mass is 326 g/mol. The van der Waals surface area contributed by atoms with Gasteiger partial charge >= 0.3 is 0 Å². The molecule has 1 atom stereocenters. The molecule has 21 heavy (non-hydrogen) atoms. The van der Waals surface area contributed by atoms with Gasteiger partial charge in [0, 0.05) is 0 Å². The van der Waals surface area contributed by atoms with Gasteiger partial charge in [-0.15, -0.1) is 10.2 Å². The molecule has 0 bridgehead atoms. The number of halogens is 1. The highest BCUT2D eigenvalue weighted by Gasteiger charge is 2.14. The lowest BCUT2D eigenvalue weighted by atomic mass is 10.1. The number of carbonyl (C=O) groups excluding carboxylic acids is 1. The summed E-state index contributed by atoms with van der Waals surface area (Å²) in [5.74, 6) is -0.0627. The number of nitrogens with two attached hydrogens (primary N) is 1. The topological polar surface area (TPSA) is 80.9 Å². The summed E-state index contributed by atoms with van der Waals surface area (Å²) in [6.45, 7) is -0.600. The van der Waals surface area contributed by atoms with Gasteiger partial charge in [0.2, 0.25) is 11.0 Å². The van der Waals surface area contributed by atoms with Gasteiger partial charge in [-0.1, -0.05) is 53.4 Å². The molecule has 5 nitrogen and oxygen atoms in total. The summed E-state index contributed by atoms with van der Waals surface area (Å²) >= 11 is 2.46. The van der Waals surface area contributed by atoms with Crippen molar-refractivity contribution < 1.29 is 9.18 Å². The number of amides is 1. The van der Waals surface area contributed by atoms with Crippen LogP contribution in [0.5, 0.6) is 0 Å². The number of alkyl halides is 1. The summed E-state index contributed by atoms with van der Waals surface area (Å²) in [7, 11) is 0. The fraction of sp³-hybridized carbons (Fsp3) is 0.308. The van der Waals surface area contributed by atoms with Crippen molar-refractivity contribution >= 4 is 34.1 Å². The van der Waals surface area contributed by atoms with Gasteiger partial charge in [-0.25, -0.2) is 4.39 Å². The Labute approximate surface area is 130 Å². The summed E-state index contributed by atoms with van der Waals surface area (Å²) in [5, 5.41) is 10.5. The molecule has 0 aliphatic rings. The third kappa shape index (κ3) is 5.31. The van der Waals surface area contributed by atoms with Gasteiger partial charge in [-0.05, 0) is 12.0 Å². The van der Waals surface area contributed by atoms with E-state index in [1.807, 2.05) is 30.3 Å². The zero-order valence-electron chi connectivity index (χ0n) is 11.2. The van der Waals surface area contributed by atoms with E-state index >= 15 is 0 Å². The number of nitrogens with zero attached hydrogens (tertiary/aromatic N) is 2. The van der Waals surface area contributed by atoms with Crippen molar-refractivity contribution in [3.8, 4) is 0 Å². The average Bonchev–Trinajstić information content (AvgIpc) is 2.91. The highest BCUT2D eigenvalue weighted by atomic mass is 32.2. The van der Waals surface area contributed by atoms with Crippen LogP contribution >= 0.6 is 23.1 Å². The van der Waals surface area contributed by atoms with E-state index in [0.29, 0.717) is 15.9 Å². The van der Waals surface area contributed by atoms with Crippen molar-refractivity contribution in [3.63, 3.8) is 0 Å². The van der Waals surface area contributed by atoms with E-state index < -0.39 is 12.7 Å². The largest absolute Gasteiger partial charge is 0.374 e. The van der Waals surface area contributed by atoms with Crippen LogP contribution < -0.4 is 11.1 Å². The third-order valence-corrected chi connectivity index (χ3v) is 4.51. The van der Waals surface area contributed by atoms with Crippen molar-refractivity contribution in [2.24, 2.45) is 0 Å². The molecule has 1 amide bonds. The first-order valence-electron chi connectivity index (χ1n) is 6.28. The molecule has 0 saturated carbocycles. The number of hydrogen-bond donors (Lipinski definition) is 2. The number of carbonyl (C=O) groups is 1. The maximum Gasteiger partial charge on any atom is 0.230 e. The van der Waals surface area contributed by atoms with E-state index in [9.17, 15) is 9.18 Å². The minimum absolute atomic E-state index is 0.167. The van der Waals surface area contributed by atoms with Crippen molar-refractivity contribution in [2.75, 3.05) is 18.2 Å². The maximum atomic E-state index is 13.0. The lowest BCUT2D eigenvalue weighted by Crippen LogP contribution is -2.39. The maximum absolute atomic E-state index is 13.0. The smallest absolute Gasteiger partial charge is 0.230 e. The van der Waals surface area contributed by atoms with Crippen LogP contribution in [0.25, 0.3) is 0 Å². The van der Waals surface area contributed by atoms with Crippen LogP contribution in [0.4, 0.5) is 9.52 Å². The Bertz CT molecular complexity index is 579. The molecule has 0 radical (unpaired) electrons. The summed E-state index contributed by atoms with van der Waals surface area (Å²) in [5.41, 5.74) is 6.45. The fourth-order valence-electron chi connectivity index (χ4n) is 1.72. The molecule has 0 unspecified atom stereocenters. The van der Waals surface area contributed by atoms with Crippen molar-refractivity contribution in [1.29, 1.82) is 0 Å². The van der Waals surface area contributed by atoms with Crippen LogP contribution in [-0.2, 0) is 11.2 Å². The molecule has 1 aromatic carbocycles. The normalized spacial score (nSPS) is 12.0. The molecule has 2 rings (SSSR count). The van der Waals surface area contributed by atoms with E-state index in [4.69, 9.17) is 5.73 Å². The van der Waals surface area contributed by atoms with Crippen LogP contribution in [0.15, 0.2) is 34.7 Å². The standard InChI is InChI=1S/C13H15FN4OS2/c14-7-10(6-9-4-2-1-3-5-9)16-11(19)8-20-13-18-17-12(15)21-13/h1-5,10H,6-8H2,(H2,15,17)(H,16,19)/t10-/m1/s1. The molecule has 0 spiro atoms. The van der Waals surface area contributed by atoms with Crippen molar-refractivity contribution in [2.45, 2.75) is 16.8 Å². The molecular formula is C13H15FN4OS2. The van der Waals surface area contributed by atoms with Gasteiger partial charge in [0.1, 0.15) is 6.67 Å². The van der Waals surface area contributed by atoms with E-state index in [1.54, 1.807) is 0 Å². The van der Waals surface area contributed by atoms with Gasteiger partial charge in [0.25, 0.3) is 0 Å². The quantitative estimate of drug-likeness (QED) is 0.760. The number of nitrogen functional groups attached to an aromatic ring is 1. The van der Waals surface area contributed by atoms with E-state index in [1.165, 1.54) is 23.1 Å². The Balaban J connectivity index is 1.79. The Morgan fingerprint density at radius 2 is 2.14 bits per heavy atom. The van der Waals surface area contributed by atoms with E-state index in [0.717, 1.165) is 5.56 Å². The summed E-state index contributed by atoms with van der Waals surface area (Å²) in [4.78, 5) is 11.8. The van der Waals surface area contributed by atoms with Crippen LogP contribution in [0.3, 0.4) is 0 Å². The second-order valence-corrected chi connectivity index (χ2v) is 6.53. The minimum Gasteiger partial charge on any atom is -0.374 e. The molecule has 1 aromatic heterocycles. The second kappa shape index (κ2) is 7.94. The van der Waals surface area contributed by atoms with Gasteiger partial charge in [-0.2, -0.15) is 0 Å². The molecule has 112 valence electrons. The third-order valence-electron chi connectivity index (χ3n) is 2.63. The molecular weight excluding hydrogens is 311 g/mol. The summed E-state index contributed by atoms with van der Waals surface area (Å²) in [6, 6.07) is 8.99. The van der Waals surface area contributed by atoms with Gasteiger partial charge in [0.05, 0.1) is 11.8 Å². The predicted octanol–water partition coefficient (Wildman–Crippen LogP) is 1.91. The Morgan fingerprint density at radius 1 is 1.38 bits per heavy atom. The molecule has 0 aliphatic carbocycles. The first-order valence-corrected chi connectivity index (χ1v) is 8.08. The fourth-order valence-corrected chi connectivity index (χ4v) is 3.17. The number of aromatic nitrogens is 2. The summed E-state index contributed by atoms with van der Waals surface area (Å²) < 4.78 is 13.6. The molecule has 2 aromatic rings. The Kier molecular flexibility index (Phi) is 5.94. The van der Waals surface area contributed by atoms with Crippen LogP contribution in [0.1, 0.15) is 5.56 Å².